The fourth-order valence-electron chi connectivity index (χ4n) is 4.32. The predicted molar refractivity (Wildman–Crippen MR) is 128 cm³/mol. The van der Waals surface area contributed by atoms with Crippen molar-refractivity contribution < 1.29 is 22.7 Å². The second-order valence-electron chi connectivity index (χ2n) is 8.33. The molecule has 0 spiro atoms. The number of nitriles is 1. The quantitative estimate of drug-likeness (QED) is 0.633. The summed E-state index contributed by atoms with van der Waals surface area (Å²) in [6.07, 6.45) is 1.15. The molecule has 2 fully saturated rings. The molecule has 2 aliphatic rings. The Bertz CT molecular complexity index is 1210. The molecule has 180 valence electrons. The molecule has 1 amide bonds. The summed E-state index contributed by atoms with van der Waals surface area (Å²) < 4.78 is 35.0. The van der Waals surface area contributed by atoms with E-state index in [-0.39, 0.29) is 10.8 Å². The molecular formula is C24H28N4O5S. The lowest BCUT2D eigenvalue weighted by Gasteiger charge is -2.37. The lowest BCUT2D eigenvalue weighted by Crippen LogP contribution is -2.49. The van der Waals surface area contributed by atoms with Crippen LogP contribution in [-0.2, 0) is 14.6 Å². The van der Waals surface area contributed by atoms with Gasteiger partial charge >= 0.3 is 0 Å². The lowest BCUT2D eigenvalue weighted by molar-refractivity contribution is 0.0746. The van der Waals surface area contributed by atoms with Crippen molar-refractivity contribution in [1.29, 1.82) is 5.26 Å². The molecule has 0 unspecified atom stereocenters. The summed E-state index contributed by atoms with van der Waals surface area (Å²) in [5, 5.41) is 9.37. The summed E-state index contributed by atoms with van der Waals surface area (Å²) in [4.78, 5) is 19.7. The Morgan fingerprint density at radius 3 is 2.32 bits per heavy atom. The number of carbonyl (C=O) groups is 1. The van der Waals surface area contributed by atoms with Crippen LogP contribution in [-0.4, -0.2) is 85.1 Å². The van der Waals surface area contributed by atoms with Gasteiger partial charge in [0.1, 0.15) is 11.8 Å². The van der Waals surface area contributed by atoms with E-state index < -0.39 is 9.84 Å². The Morgan fingerprint density at radius 2 is 1.71 bits per heavy atom. The molecule has 34 heavy (non-hydrogen) atoms. The van der Waals surface area contributed by atoms with E-state index in [0.717, 1.165) is 17.6 Å². The highest BCUT2D eigenvalue weighted by Gasteiger charge is 2.27. The van der Waals surface area contributed by atoms with E-state index in [4.69, 9.17) is 9.47 Å². The van der Waals surface area contributed by atoms with Crippen LogP contribution in [0.5, 0.6) is 5.75 Å². The summed E-state index contributed by atoms with van der Waals surface area (Å²) in [6.45, 7) is 4.58. The maximum atomic E-state index is 13.6. The van der Waals surface area contributed by atoms with Crippen LogP contribution in [0.2, 0.25) is 0 Å². The highest BCUT2D eigenvalue weighted by molar-refractivity contribution is 7.90. The number of piperazine rings is 1. The number of nitrogens with zero attached hydrogens (tertiary/aromatic N) is 4. The van der Waals surface area contributed by atoms with Gasteiger partial charge in [0.15, 0.2) is 9.84 Å². The number of hydrogen-bond acceptors (Lipinski definition) is 8. The van der Waals surface area contributed by atoms with Gasteiger partial charge in [-0.2, -0.15) is 5.26 Å². The summed E-state index contributed by atoms with van der Waals surface area (Å²) >= 11 is 0. The third kappa shape index (κ3) is 4.95. The van der Waals surface area contributed by atoms with Gasteiger partial charge in [0.05, 0.1) is 36.3 Å². The molecule has 0 N–H and O–H groups in total. The minimum Gasteiger partial charge on any atom is -0.495 e. The predicted octanol–water partition coefficient (Wildman–Crippen LogP) is 1.77. The van der Waals surface area contributed by atoms with Crippen LogP contribution in [0.25, 0.3) is 0 Å². The molecule has 10 heteroatoms. The van der Waals surface area contributed by atoms with E-state index in [1.165, 1.54) is 13.2 Å². The number of carbonyl (C=O) groups excluding carboxylic acids is 1. The number of amides is 1. The van der Waals surface area contributed by atoms with Crippen molar-refractivity contribution in [3.8, 4) is 11.8 Å². The Hall–Kier alpha value is -3.29. The molecule has 2 saturated heterocycles. The molecule has 2 aromatic rings. The van der Waals surface area contributed by atoms with Crippen molar-refractivity contribution in [2.75, 3.05) is 75.6 Å². The molecule has 9 nitrogen and oxygen atoms in total. The van der Waals surface area contributed by atoms with Crippen molar-refractivity contribution in [1.82, 2.24) is 4.90 Å². The second-order valence-corrected chi connectivity index (χ2v) is 10.3. The van der Waals surface area contributed by atoms with Crippen molar-refractivity contribution >= 4 is 27.1 Å². The number of morpholine rings is 1. The molecular weight excluding hydrogens is 456 g/mol. The zero-order valence-corrected chi connectivity index (χ0v) is 20.2. The Labute approximate surface area is 200 Å². The monoisotopic (exact) mass is 484 g/mol. The first kappa shape index (κ1) is 23.9. The van der Waals surface area contributed by atoms with Gasteiger partial charge in [-0.05, 0) is 36.4 Å². The van der Waals surface area contributed by atoms with Gasteiger partial charge < -0.3 is 24.2 Å². The molecule has 0 atom stereocenters. The van der Waals surface area contributed by atoms with Crippen LogP contribution >= 0.6 is 0 Å². The minimum atomic E-state index is -3.45. The van der Waals surface area contributed by atoms with E-state index in [2.05, 4.69) is 15.9 Å². The zero-order chi connectivity index (χ0) is 24.3. The van der Waals surface area contributed by atoms with Gasteiger partial charge in [0.25, 0.3) is 5.91 Å². The molecule has 2 aliphatic heterocycles. The van der Waals surface area contributed by atoms with Gasteiger partial charge in [0, 0.05) is 56.9 Å². The van der Waals surface area contributed by atoms with Crippen molar-refractivity contribution in [2.45, 2.75) is 4.90 Å². The van der Waals surface area contributed by atoms with Gasteiger partial charge in [-0.1, -0.05) is 0 Å². The fourth-order valence-corrected chi connectivity index (χ4v) is 4.96. The average Bonchev–Trinajstić information content (AvgIpc) is 2.87. The Balaban J connectivity index is 1.55. The fraction of sp³-hybridized carbons (Fsp3) is 0.417. The summed E-state index contributed by atoms with van der Waals surface area (Å²) in [5.41, 5.74) is 2.50. The number of anilines is 2. The van der Waals surface area contributed by atoms with Crippen LogP contribution in [0.15, 0.2) is 41.3 Å². The lowest BCUT2D eigenvalue weighted by atomic mass is 10.1. The summed E-state index contributed by atoms with van der Waals surface area (Å²) in [5.74, 6) is 0.348. The molecule has 0 aliphatic carbocycles. The number of sulfone groups is 1. The van der Waals surface area contributed by atoms with E-state index in [9.17, 15) is 18.5 Å². The molecule has 0 radical (unpaired) electrons. The molecule has 0 saturated carbocycles. The molecule has 2 heterocycles. The summed E-state index contributed by atoms with van der Waals surface area (Å²) in [7, 11) is -1.92. The standard InChI is InChI=1S/C24H28N4O5S/c1-32-23-6-3-19(15-18(23)17-25)26-7-9-28(10-8-26)24(29)21-16-20(34(2,30)31)4-5-22(21)27-11-13-33-14-12-27/h3-6,15-16H,7-14H2,1-2H3. The van der Waals surface area contributed by atoms with E-state index >= 15 is 0 Å². The SMILES string of the molecule is COc1ccc(N2CCN(C(=O)c3cc(S(C)(=O)=O)ccc3N3CCOCC3)CC2)cc1C#N. The minimum absolute atomic E-state index is 0.133. The van der Waals surface area contributed by atoms with Crippen LogP contribution in [0.4, 0.5) is 11.4 Å². The number of rotatable bonds is 5. The Kier molecular flexibility index (Phi) is 6.95. The first-order valence-electron chi connectivity index (χ1n) is 11.1. The normalized spacial score (nSPS) is 16.8. The maximum absolute atomic E-state index is 13.6. The third-order valence-electron chi connectivity index (χ3n) is 6.21. The van der Waals surface area contributed by atoms with Gasteiger partial charge in [-0.25, -0.2) is 8.42 Å². The van der Waals surface area contributed by atoms with Gasteiger partial charge in [-0.3, -0.25) is 4.79 Å². The Morgan fingerprint density at radius 1 is 1.00 bits per heavy atom. The van der Waals surface area contributed by atoms with Crippen LogP contribution in [0.3, 0.4) is 0 Å². The van der Waals surface area contributed by atoms with E-state index in [1.807, 2.05) is 6.07 Å². The van der Waals surface area contributed by atoms with Crippen molar-refractivity contribution in [2.24, 2.45) is 0 Å². The van der Waals surface area contributed by atoms with E-state index in [0.29, 0.717) is 69.4 Å². The van der Waals surface area contributed by atoms with Gasteiger partial charge in [0.2, 0.25) is 0 Å². The molecule has 2 aromatic carbocycles. The highest BCUT2D eigenvalue weighted by Crippen LogP contribution is 2.28. The maximum Gasteiger partial charge on any atom is 0.256 e. The molecule has 0 aromatic heterocycles. The topological polar surface area (TPSA) is 103 Å². The first-order chi connectivity index (χ1) is 16.3. The van der Waals surface area contributed by atoms with Crippen molar-refractivity contribution in [3.05, 3.63) is 47.5 Å². The van der Waals surface area contributed by atoms with Crippen LogP contribution in [0.1, 0.15) is 15.9 Å². The van der Waals surface area contributed by atoms with E-state index in [1.54, 1.807) is 29.2 Å². The molecule has 4 rings (SSSR count). The summed E-state index contributed by atoms with van der Waals surface area (Å²) in [6, 6.07) is 12.4. The highest BCUT2D eigenvalue weighted by atomic mass is 32.2. The number of ether oxygens (including phenoxy) is 2. The van der Waals surface area contributed by atoms with Crippen molar-refractivity contribution in [3.63, 3.8) is 0 Å². The largest absolute Gasteiger partial charge is 0.495 e. The zero-order valence-electron chi connectivity index (χ0n) is 19.4. The first-order valence-corrected chi connectivity index (χ1v) is 13.0. The molecule has 0 bridgehead atoms. The van der Waals surface area contributed by atoms with Crippen LogP contribution in [0, 0.1) is 11.3 Å². The average molecular weight is 485 g/mol. The smallest absolute Gasteiger partial charge is 0.256 e. The number of methoxy groups -OCH3 is 1. The number of hydrogen-bond donors (Lipinski definition) is 0. The van der Waals surface area contributed by atoms with Crippen LogP contribution < -0.4 is 14.5 Å². The van der Waals surface area contributed by atoms with Gasteiger partial charge in [-0.15, -0.1) is 0 Å². The number of benzene rings is 2. The third-order valence-corrected chi connectivity index (χ3v) is 7.32. The second kappa shape index (κ2) is 9.91.